The largest absolute Gasteiger partial charge is 0.494 e. The molecule has 3 aromatic rings. The fourth-order valence-corrected chi connectivity index (χ4v) is 3.65. The Balaban J connectivity index is 0.00000141. The van der Waals surface area contributed by atoms with Crippen LogP contribution < -0.4 is 15.8 Å². The van der Waals surface area contributed by atoms with Gasteiger partial charge in [-0.25, -0.2) is 14.4 Å². The number of amides is 1. The van der Waals surface area contributed by atoms with E-state index in [1.54, 1.807) is 0 Å². The summed E-state index contributed by atoms with van der Waals surface area (Å²) in [6.45, 7) is 3.57. The van der Waals surface area contributed by atoms with Crippen LogP contribution in [0.4, 0.5) is 10.3 Å². The van der Waals surface area contributed by atoms with E-state index in [-0.39, 0.29) is 29.6 Å². The van der Waals surface area contributed by atoms with E-state index in [4.69, 9.17) is 10.5 Å². The van der Waals surface area contributed by atoms with Crippen molar-refractivity contribution in [2.45, 2.75) is 32.2 Å². The standard InChI is InChI=1S/C20H26FN7O2.C2H2/c1-11(27(2)19(29)12-9-23-10-12)5-4-6-17-25-18-13-7-14(21)16(30-3)8-15(13)24-20(22)28(18)26-17;1-2/h7-8,11-12,23H,4-6,9-10H2,1-3H3,(H2,22,24);1-2H/t11-;/m0./s1. The zero-order chi connectivity index (χ0) is 23.4. The molecule has 1 saturated heterocycles. The number of aryl methyl sites for hydroxylation is 1. The summed E-state index contributed by atoms with van der Waals surface area (Å²) in [4.78, 5) is 23.0. The Labute approximate surface area is 186 Å². The van der Waals surface area contributed by atoms with Gasteiger partial charge in [0.2, 0.25) is 11.9 Å². The van der Waals surface area contributed by atoms with Gasteiger partial charge in [0.25, 0.3) is 0 Å². The van der Waals surface area contributed by atoms with Crippen LogP contribution in [0.3, 0.4) is 0 Å². The van der Waals surface area contributed by atoms with Gasteiger partial charge < -0.3 is 20.7 Å². The van der Waals surface area contributed by atoms with Gasteiger partial charge in [0, 0.05) is 44.1 Å². The number of nitrogens with two attached hydrogens (primary N) is 1. The Morgan fingerprint density at radius 1 is 1.41 bits per heavy atom. The predicted molar refractivity (Wildman–Crippen MR) is 121 cm³/mol. The molecule has 2 aromatic heterocycles. The number of rotatable bonds is 7. The molecule has 3 N–H and O–H groups in total. The summed E-state index contributed by atoms with van der Waals surface area (Å²) in [5.41, 5.74) is 6.99. The first-order valence-electron chi connectivity index (χ1n) is 10.4. The van der Waals surface area contributed by atoms with Crippen LogP contribution in [-0.4, -0.2) is 63.7 Å². The van der Waals surface area contributed by atoms with Crippen LogP contribution in [0, 0.1) is 24.6 Å². The average molecular weight is 442 g/mol. The Morgan fingerprint density at radius 3 is 2.75 bits per heavy atom. The maximum absolute atomic E-state index is 14.2. The van der Waals surface area contributed by atoms with Gasteiger partial charge in [0.15, 0.2) is 23.0 Å². The van der Waals surface area contributed by atoms with E-state index in [0.717, 1.165) is 25.9 Å². The number of carbonyl (C=O) groups is 1. The first kappa shape index (κ1) is 23.2. The number of halogens is 1. The number of fused-ring (bicyclic) bond motifs is 3. The highest BCUT2D eigenvalue weighted by Gasteiger charge is 2.29. The van der Waals surface area contributed by atoms with E-state index in [1.165, 1.54) is 23.8 Å². The third kappa shape index (κ3) is 4.43. The second kappa shape index (κ2) is 9.78. The fraction of sp³-hybridized carbons (Fsp3) is 0.455. The number of nitrogens with one attached hydrogen (secondary N) is 1. The lowest BCUT2D eigenvalue weighted by Crippen LogP contribution is -2.52. The van der Waals surface area contributed by atoms with Crippen LogP contribution in [-0.2, 0) is 11.2 Å². The van der Waals surface area contributed by atoms with Crippen molar-refractivity contribution in [2.24, 2.45) is 5.92 Å². The minimum absolute atomic E-state index is 0.0975. The maximum Gasteiger partial charge on any atom is 0.228 e. The van der Waals surface area contributed by atoms with Crippen LogP contribution in [0.2, 0.25) is 0 Å². The molecule has 0 aliphatic carbocycles. The number of nitrogens with zero attached hydrogens (tertiary/aromatic N) is 5. The van der Waals surface area contributed by atoms with E-state index in [2.05, 4.69) is 33.2 Å². The highest BCUT2D eigenvalue weighted by atomic mass is 19.1. The number of aromatic nitrogens is 4. The second-order valence-corrected chi connectivity index (χ2v) is 7.78. The molecule has 1 fully saturated rings. The molecule has 9 nitrogen and oxygen atoms in total. The SMILES string of the molecule is C#C.COc1cc2nc(N)n3nc(CCC[C@H](C)N(C)C(=O)C4CNC4)nc3c2cc1F. The zero-order valence-corrected chi connectivity index (χ0v) is 18.5. The molecular formula is C22H28FN7O2. The number of benzene rings is 1. The first-order chi connectivity index (χ1) is 15.4. The molecule has 0 spiro atoms. The van der Waals surface area contributed by atoms with Crippen molar-refractivity contribution in [3.8, 4) is 18.6 Å². The lowest BCUT2D eigenvalue weighted by atomic mass is 10.0. The monoisotopic (exact) mass is 441 g/mol. The van der Waals surface area contributed by atoms with E-state index in [9.17, 15) is 9.18 Å². The van der Waals surface area contributed by atoms with Gasteiger partial charge in [-0.3, -0.25) is 4.79 Å². The van der Waals surface area contributed by atoms with Crippen molar-refractivity contribution in [3.05, 3.63) is 23.8 Å². The molecule has 1 aliphatic heterocycles. The number of anilines is 1. The summed E-state index contributed by atoms with van der Waals surface area (Å²) in [6, 6.07) is 2.97. The van der Waals surface area contributed by atoms with Gasteiger partial charge in [-0.2, -0.15) is 4.52 Å². The Kier molecular flexibility index (Phi) is 7.10. The summed E-state index contributed by atoms with van der Waals surface area (Å²) in [5, 5.41) is 8.09. The Bertz CT molecular complexity index is 1140. The highest BCUT2D eigenvalue weighted by Crippen LogP contribution is 2.27. The van der Waals surface area contributed by atoms with Crippen molar-refractivity contribution in [2.75, 3.05) is 33.0 Å². The minimum atomic E-state index is -0.494. The first-order valence-corrected chi connectivity index (χ1v) is 10.4. The lowest BCUT2D eigenvalue weighted by Gasteiger charge is -2.33. The third-order valence-corrected chi connectivity index (χ3v) is 5.78. The van der Waals surface area contributed by atoms with E-state index < -0.39 is 5.82 Å². The van der Waals surface area contributed by atoms with Crippen molar-refractivity contribution >= 4 is 28.4 Å². The Morgan fingerprint density at radius 2 is 2.12 bits per heavy atom. The molecule has 32 heavy (non-hydrogen) atoms. The quantitative estimate of drug-likeness (QED) is 0.536. The highest BCUT2D eigenvalue weighted by molar-refractivity contribution is 5.93. The number of hydrogen-bond donors (Lipinski definition) is 2. The van der Waals surface area contributed by atoms with E-state index in [0.29, 0.717) is 28.8 Å². The average Bonchev–Trinajstić information content (AvgIpc) is 3.18. The van der Waals surface area contributed by atoms with Crippen LogP contribution in [0.5, 0.6) is 5.75 Å². The molecule has 0 bridgehead atoms. The van der Waals surface area contributed by atoms with Gasteiger partial charge in [-0.1, -0.05) is 0 Å². The molecule has 10 heteroatoms. The number of nitrogen functional groups attached to an aromatic ring is 1. The van der Waals surface area contributed by atoms with Crippen LogP contribution in [0.1, 0.15) is 25.6 Å². The molecule has 4 rings (SSSR count). The number of methoxy groups -OCH3 is 1. The smallest absolute Gasteiger partial charge is 0.228 e. The summed E-state index contributed by atoms with van der Waals surface area (Å²) in [7, 11) is 3.26. The number of ether oxygens (including phenoxy) is 1. The summed E-state index contributed by atoms with van der Waals surface area (Å²) in [5.74, 6) is 0.680. The molecule has 1 aromatic carbocycles. The van der Waals surface area contributed by atoms with Gasteiger partial charge in [0.1, 0.15) is 0 Å². The summed E-state index contributed by atoms with van der Waals surface area (Å²) < 4.78 is 20.7. The summed E-state index contributed by atoms with van der Waals surface area (Å²) >= 11 is 0. The molecule has 0 unspecified atom stereocenters. The molecular weight excluding hydrogens is 413 g/mol. The molecule has 3 heterocycles. The molecule has 1 amide bonds. The molecule has 1 aliphatic rings. The Hall–Kier alpha value is -3.45. The zero-order valence-electron chi connectivity index (χ0n) is 18.5. The van der Waals surface area contributed by atoms with Gasteiger partial charge in [-0.05, 0) is 25.8 Å². The van der Waals surface area contributed by atoms with E-state index in [1.807, 2.05) is 18.9 Å². The lowest BCUT2D eigenvalue weighted by molar-refractivity contribution is -0.137. The van der Waals surface area contributed by atoms with Gasteiger partial charge in [-0.15, -0.1) is 17.9 Å². The fourth-order valence-electron chi connectivity index (χ4n) is 3.65. The molecule has 0 saturated carbocycles. The summed E-state index contributed by atoms with van der Waals surface area (Å²) in [6.07, 6.45) is 10.3. The van der Waals surface area contributed by atoms with Gasteiger partial charge >= 0.3 is 0 Å². The van der Waals surface area contributed by atoms with Crippen LogP contribution in [0.15, 0.2) is 12.1 Å². The van der Waals surface area contributed by atoms with Crippen molar-refractivity contribution in [1.82, 2.24) is 29.8 Å². The normalized spacial score (nSPS) is 14.4. The van der Waals surface area contributed by atoms with Crippen LogP contribution in [0.25, 0.3) is 16.6 Å². The third-order valence-electron chi connectivity index (χ3n) is 5.78. The number of terminal acetylenes is 1. The molecule has 0 radical (unpaired) electrons. The number of hydrogen-bond acceptors (Lipinski definition) is 7. The minimum Gasteiger partial charge on any atom is -0.494 e. The van der Waals surface area contributed by atoms with Crippen molar-refractivity contribution in [3.63, 3.8) is 0 Å². The van der Waals surface area contributed by atoms with Gasteiger partial charge in [0.05, 0.1) is 18.5 Å². The van der Waals surface area contributed by atoms with Crippen LogP contribution >= 0.6 is 0 Å². The second-order valence-electron chi connectivity index (χ2n) is 7.78. The van der Waals surface area contributed by atoms with Crippen molar-refractivity contribution in [1.29, 1.82) is 0 Å². The molecule has 170 valence electrons. The maximum atomic E-state index is 14.2. The predicted octanol–water partition coefficient (Wildman–Crippen LogP) is 1.65. The van der Waals surface area contributed by atoms with Crippen molar-refractivity contribution < 1.29 is 13.9 Å². The topological polar surface area (TPSA) is 111 Å². The molecule has 1 atom stereocenters. The van der Waals surface area contributed by atoms with E-state index >= 15 is 0 Å². The number of carbonyl (C=O) groups excluding carboxylic acids is 1.